The van der Waals surface area contributed by atoms with Gasteiger partial charge in [0.25, 0.3) is 0 Å². The van der Waals surface area contributed by atoms with Crippen LogP contribution in [0.15, 0.2) is 194 Å². The first-order valence-corrected chi connectivity index (χ1v) is 19.4. The van der Waals surface area contributed by atoms with Crippen molar-refractivity contribution < 1.29 is 0 Å². The first-order chi connectivity index (χ1) is 27.1. The number of rotatable bonds is 4. The number of hydrogen-bond donors (Lipinski definition) is 0. The summed E-state index contributed by atoms with van der Waals surface area (Å²) in [7, 11) is 0. The molecule has 0 spiro atoms. The zero-order chi connectivity index (χ0) is 36.7. The van der Waals surface area contributed by atoms with E-state index in [1.165, 1.54) is 110 Å². The third-order valence-electron chi connectivity index (χ3n) is 12.3. The van der Waals surface area contributed by atoms with Crippen LogP contribution in [0.1, 0.15) is 25.0 Å². The highest BCUT2D eigenvalue weighted by atomic mass is 14.4. The summed E-state index contributed by atoms with van der Waals surface area (Å²) in [4.78, 5) is 0. The van der Waals surface area contributed by atoms with E-state index in [4.69, 9.17) is 0 Å². The Bertz CT molecular complexity index is 3100. The SMILES string of the molecule is CC1(C)c2cccc(-c3cccc(-c4c5ccccc5c(-c5ccc(-c6cccc7ccccc67)cc5)c5ccccc45)c3)c2-c2c1ccc1ccccc21. The summed E-state index contributed by atoms with van der Waals surface area (Å²) in [6.07, 6.45) is 0. The summed E-state index contributed by atoms with van der Waals surface area (Å²) in [6.45, 7) is 4.76. The Morgan fingerprint density at radius 2 is 0.745 bits per heavy atom. The van der Waals surface area contributed by atoms with E-state index in [0.717, 1.165) is 0 Å². The van der Waals surface area contributed by atoms with Crippen LogP contribution in [0.25, 0.3) is 98.7 Å². The molecular formula is C55H38. The van der Waals surface area contributed by atoms with E-state index in [1.54, 1.807) is 0 Å². The van der Waals surface area contributed by atoms with Crippen LogP contribution in [-0.2, 0) is 5.41 Å². The Hall–Kier alpha value is -6.76. The van der Waals surface area contributed by atoms with Gasteiger partial charge in [0.2, 0.25) is 0 Å². The van der Waals surface area contributed by atoms with Gasteiger partial charge in [-0.1, -0.05) is 202 Å². The number of hydrogen-bond acceptors (Lipinski definition) is 0. The molecule has 11 rings (SSSR count). The first-order valence-electron chi connectivity index (χ1n) is 19.4. The van der Waals surface area contributed by atoms with E-state index in [9.17, 15) is 0 Å². The summed E-state index contributed by atoms with van der Waals surface area (Å²) in [6, 6.07) is 72.1. The minimum atomic E-state index is -0.0857. The minimum Gasteiger partial charge on any atom is -0.0616 e. The third-order valence-corrected chi connectivity index (χ3v) is 12.3. The van der Waals surface area contributed by atoms with Crippen molar-refractivity contribution in [3.8, 4) is 55.6 Å². The van der Waals surface area contributed by atoms with Crippen molar-refractivity contribution in [3.05, 3.63) is 205 Å². The fourth-order valence-corrected chi connectivity index (χ4v) is 9.68. The predicted molar refractivity (Wildman–Crippen MR) is 236 cm³/mol. The molecule has 10 aromatic carbocycles. The Morgan fingerprint density at radius 3 is 1.44 bits per heavy atom. The van der Waals surface area contributed by atoms with Gasteiger partial charge in [0.05, 0.1) is 0 Å². The lowest BCUT2D eigenvalue weighted by Crippen LogP contribution is -2.14. The van der Waals surface area contributed by atoms with Gasteiger partial charge in [-0.2, -0.15) is 0 Å². The average Bonchev–Trinajstić information content (AvgIpc) is 3.49. The molecule has 0 saturated carbocycles. The second kappa shape index (κ2) is 12.1. The van der Waals surface area contributed by atoms with E-state index in [-0.39, 0.29) is 5.41 Å². The van der Waals surface area contributed by atoms with Crippen molar-refractivity contribution in [1.29, 1.82) is 0 Å². The van der Waals surface area contributed by atoms with Crippen molar-refractivity contribution in [2.75, 3.05) is 0 Å². The van der Waals surface area contributed by atoms with Gasteiger partial charge in [-0.3, -0.25) is 0 Å². The van der Waals surface area contributed by atoms with E-state index < -0.39 is 0 Å². The summed E-state index contributed by atoms with van der Waals surface area (Å²) >= 11 is 0. The molecule has 0 unspecified atom stereocenters. The summed E-state index contributed by atoms with van der Waals surface area (Å²) in [5.41, 5.74) is 15.5. The van der Waals surface area contributed by atoms with Crippen LogP contribution in [0.5, 0.6) is 0 Å². The van der Waals surface area contributed by atoms with E-state index >= 15 is 0 Å². The van der Waals surface area contributed by atoms with Crippen LogP contribution in [0.2, 0.25) is 0 Å². The van der Waals surface area contributed by atoms with Gasteiger partial charge in [0, 0.05) is 5.41 Å². The van der Waals surface area contributed by atoms with Gasteiger partial charge in [-0.25, -0.2) is 0 Å². The van der Waals surface area contributed by atoms with Crippen molar-refractivity contribution in [2.45, 2.75) is 19.3 Å². The van der Waals surface area contributed by atoms with Crippen LogP contribution in [-0.4, -0.2) is 0 Å². The van der Waals surface area contributed by atoms with Crippen LogP contribution in [0.4, 0.5) is 0 Å². The quantitative estimate of drug-likeness (QED) is 0.161. The molecule has 0 heterocycles. The van der Waals surface area contributed by atoms with Gasteiger partial charge >= 0.3 is 0 Å². The molecule has 0 saturated heterocycles. The molecule has 258 valence electrons. The molecule has 0 bridgehead atoms. The molecule has 0 amide bonds. The topological polar surface area (TPSA) is 0 Å². The lowest BCUT2D eigenvalue weighted by Gasteiger charge is -2.22. The largest absolute Gasteiger partial charge is 0.0616 e. The summed E-state index contributed by atoms with van der Waals surface area (Å²) in [5, 5.41) is 10.2. The smallest absolute Gasteiger partial charge is 0.0159 e. The molecule has 0 radical (unpaired) electrons. The molecule has 1 aliphatic rings. The van der Waals surface area contributed by atoms with Crippen molar-refractivity contribution >= 4 is 43.1 Å². The van der Waals surface area contributed by atoms with Crippen molar-refractivity contribution in [1.82, 2.24) is 0 Å². The van der Waals surface area contributed by atoms with Gasteiger partial charge < -0.3 is 0 Å². The van der Waals surface area contributed by atoms with E-state index in [2.05, 4.69) is 208 Å². The van der Waals surface area contributed by atoms with Crippen molar-refractivity contribution in [3.63, 3.8) is 0 Å². The van der Waals surface area contributed by atoms with E-state index in [1.807, 2.05) is 0 Å². The molecule has 0 N–H and O–H groups in total. The number of benzene rings is 10. The zero-order valence-corrected chi connectivity index (χ0v) is 31.0. The highest BCUT2D eigenvalue weighted by molar-refractivity contribution is 6.21. The molecule has 0 aliphatic heterocycles. The Labute approximate surface area is 322 Å². The van der Waals surface area contributed by atoms with E-state index in [0.29, 0.717) is 0 Å². The predicted octanol–water partition coefficient (Wildman–Crippen LogP) is 15.3. The van der Waals surface area contributed by atoms with Crippen LogP contribution < -0.4 is 0 Å². The second-order valence-corrected chi connectivity index (χ2v) is 15.6. The maximum Gasteiger partial charge on any atom is 0.0159 e. The fraction of sp³-hybridized carbons (Fsp3) is 0.0545. The minimum absolute atomic E-state index is 0.0857. The lowest BCUT2D eigenvalue weighted by atomic mass is 9.81. The molecule has 0 nitrogen and oxygen atoms in total. The average molecular weight is 699 g/mol. The fourth-order valence-electron chi connectivity index (χ4n) is 9.68. The standard InChI is InChI=1S/C55H38/c1-55(2)49-27-13-26-44(54(49)53-43-20-6-4-15-36(43)32-33-50(53)55)39-17-11-18-40(34-39)52-47-23-9-7-21-45(47)51(46-22-8-10-24-48(46)52)38-30-28-37(29-31-38)42-25-12-16-35-14-3-5-19-41(35)42/h3-34H,1-2H3. The van der Waals surface area contributed by atoms with Crippen LogP contribution in [0.3, 0.4) is 0 Å². The summed E-state index contributed by atoms with van der Waals surface area (Å²) in [5.74, 6) is 0. The molecule has 0 heteroatoms. The normalized spacial score (nSPS) is 13.1. The second-order valence-electron chi connectivity index (χ2n) is 15.6. The van der Waals surface area contributed by atoms with Crippen LogP contribution in [0, 0.1) is 0 Å². The molecule has 0 atom stereocenters. The first kappa shape index (κ1) is 31.7. The highest BCUT2D eigenvalue weighted by Crippen LogP contribution is 2.55. The zero-order valence-electron chi connectivity index (χ0n) is 31.0. The van der Waals surface area contributed by atoms with Crippen molar-refractivity contribution in [2.24, 2.45) is 0 Å². The van der Waals surface area contributed by atoms with Gasteiger partial charge in [-0.05, 0) is 116 Å². The van der Waals surface area contributed by atoms with Crippen LogP contribution >= 0.6 is 0 Å². The molecule has 55 heavy (non-hydrogen) atoms. The maximum atomic E-state index is 2.43. The maximum absolute atomic E-state index is 2.43. The third kappa shape index (κ3) is 4.78. The van der Waals surface area contributed by atoms with Gasteiger partial charge in [0.1, 0.15) is 0 Å². The Kier molecular flexibility index (Phi) is 7.00. The lowest BCUT2D eigenvalue weighted by molar-refractivity contribution is 0.661. The molecular weight excluding hydrogens is 661 g/mol. The molecule has 0 fully saturated rings. The Morgan fingerprint density at radius 1 is 0.273 bits per heavy atom. The molecule has 1 aliphatic carbocycles. The number of fused-ring (bicyclic) bond motifs is 8. The molecule has 10 aromatic rings. The Balaban J connectivity index is 1.10. The monoisotopic (exact) mass is 698 g/mol. The summed E-state index contributed by atoms with van der Waals surface area (Å²) < 4.78 is 0. The van der Waals surface area contributed by atoms with Gasteiger partial charge in [0.15, 0.2) is 0 Å². The molecule has 0 aromatic heterocycles. The highest BCUT2D eigenvalue weighted by Gasteiger charge is 2.37. The van der Waals surface area contributed by atoms with Gasteiger partial charge in [-0.15, -0.1) is 0 Å².